The number of nitrogens with one attached hydrogen (secondary N) is 1. The molecule has 1 aliphatic heterocycles. The Morgan fingerprint density at radius 2 is 1.55 bits per heavy atom. The Bertz CT molecular complexity index is 590. The zero-order valence-electron chi connectivity index (χ0n) is 21.0. The van der Waals surface area contributed by atoms with E-state index in [0.29, 0.717) is 12.0 Å². The minimum Gasteiger partial charge on any atom is -0.314 e. The topological polar surface area (TPSA) is 33.1 Å². The Balaban J connectivity index is 1.37. The van der Waals surface area contributed by atoms with E-state index in [0.717, 1.165) is 18.0 Å². The lowest BCUT2D eigenvalue weighted by atomic mass is 9.84. The zero-order chi connectivity index (χ0) is 22.1. The molecule has 4 heteroatoms. The van der Waals surface area contributed by atoms with Gasteiger partial charge in [-0.25, -0.2) is 0 Å². The normalized spacial score (nSPS) is 24.7. The van der Waals surface area contributed by atoms with Crippen molar-refractivity contribution in [3.63, 3.8) is 0 Å². The van der Waals surface area contributed by atoms with Gasteiger partial charge < -0.3 is 10.2 Å². The molecule has 1 saturated heterocycles. The van der Waals surface area contributed by atoms with Gasteiger partial charge in [0.05, 0.1) is 12.2 Å². The van der Waals surface area contributed by atoms with E-state index >= 15 is 0 Å². The summed E-state index contributed by atoms with van der Waals surface area (Å²) in [6, 6.07) is 2.19. The molecule has 31 heavy (non-hydrogen) atoms. The van der Waals surface area contributed by atoms with Crippen LogP contribution < -0.4 is 5.32 Å². The number of likely N-dealkylation sites (tertiary alicyclic amines) is 1. The smallest absolute Gasteiger partial charge is 0.0543 e. The molecule has 0 bridgehead atoms. The summed E-state index contributed by atoms with van der Waals surface area (Å²) < 4.78 is 2.28. The fourth-order valence-corrected chi connectivity index (χ4v) is 6.01. The molecular weight excluding hydrogens is 380 g/mol. The second-order valence-corrected chi connectivity index (χ2v) is 10.6. The third-order valence-electron chi connectivity index (χ3n) is 8.09. The molecule has 178 valence electrons. The van der Waals surface area contributed by atoms with Crippen molar-refractivity contribution in [1.29, 1.82) is 0 Å². The van der Waals surface area contributed by atoms with Crippen molar-refractivity contribution in [3.8, 4) is 0 Å². The molecule has 0 aromatic carbocycles. The Morgan fingerprint density at radius 3 is 2.16 bits per heavy atom. The van der Waals surface area contributed by atoms with Crippen LogP contribution in [0.1, 0.15) is 122 Å². The van der Waals surface area contributed by atoms with E-state index in [1.807, 2.05) is 0 Å². The molecule has 1 aromatic heterocycles. The minimum absolute atomic E-state index is 0.605. The van der Waals surface area contributed by atoms with E-state index in [9.17, 15) is 0 Å². The molecule has 1 unspecified atom stereocenters. The number of hydrogen-bond acceptors (Lipinski definition) is 3. The van der Waals surface area contributed by atoms with Crippen molar-refractivity contribution in [2.75, 3.05) is 19.6 Å². The standard InChI is InChI=1S/C27H50N4/c1-5-8-22(4)24-20-29-31(21-24)27-15-17-30(18-16-27)26-13-11-23(12-14-26)19-28-25(9-6-2)10-7-3/h20-23,25-28H,5-19H2,1-4H3. The lowest BCUT2D eigenvalue weighted by molar-refractivity contribution is 0.0930. The molecule has 1 aliphatic carbocycles. The van der Waals surface area contributed by atoms with E-state index in [2.05, 4.69) is 55.0 Å². The molecule has 2 aliphatic rings. The van der Waals surface area contributed by atoms with Crippen LogP contribution >= 0.6 is 0 Å². The average Bonchev–Trinajstić information content (AvgIpc) is 3.29. The van der Waals surface area contributed by atoms with Crippen molar-refractivity contribution < 1.29 is 0 Å². The molecule has 0 amide bonds. The number of aromatic nitrogens is 2. The first-order chi connectivity index (χ1) is 15.1. The summed E-state index contributed by atoms with van der Waals surface area (Å²) in [4.78, 5) is 2.81. The molecule has 3 rings (SSSR count). The third kappa shape index (κ3) is 7.32. The summed E-state index contributed by atoms with van der Waals surface area (Å²) in [7, 11) is 0. The van der Waals surface area contributed by atoms with Crippen molar-refractivity contribution in [2.45, 2.75) is 129 Å². The number of nitrogens with zero attached hydrogens (tertiary/aromatic N) is 3. The largest absolute Gasteiger partial charge is 0.314 e. The molecular formula is C27H50N4. The highest BCUT2D eigenvalue weighted by Gasteiger charge is 2.30. The van der Waals surface area contributed by atoms with Gasteiger partial charge in [-0.3, -0.25) is 4.68 Å². The molecule has 1 aromatic rings. The van der Waals surface area contributed by atoms with E-state index in [1.54, 1.807) is 0 Å². The Morgan fingerprint density at radius 1 is 0.903 bits per heavy atom. The van der Waals surface area contributed by atoms with Gasteiger partial charge in [0.15, 0.2) is 0 Å². The van der Waals surface area contributed by atoms with Crippen molar-refractivity contribution >= 4 is 0 Å². The van der Waals surface area contributed by atoms with Crippen molar-refractivity contribution in [3.05, 3.63) is 18.0 Å². The monoisotopic (exact) mass is 430 g/mol. The number of rotatable bonds is 12. The minimum atomic E-state index is 0.605. The van der Waals surface area contributed by atoms with Gasteiger partial charge in [-0.1, -0.05) is 47.0 Å². The van der Waals surface area contributed by atoms with Crippen LogP contribution in [0.25, 0.3) is 0 Å². The van der Waals surface area contributed by atoms with E-state index < -0.39 is 0 Å². The first-order valence-electron chi connectivity index (χ1n) is 13.7. The maximum atomic E-state index is 4.74. The Labute approximate surface area is 192 Å². The van der Waals surface area contributed by atoms with Gasteiger partial charge in [-0.05, 0) is 81.7 Å². The molecule has 4 nitrogen and oxygen atoms in total. The zero-order valence-corrected chi connectivity index (χ0v) is 21.0. The molecule has 0 spiro atoms. The van der Waals surface area contributed by atoms with Gasteiger partial charge in [0.2, 0.25) is 0 Å². The van der Waals surface area contributed by atoms with Gasteiger partial charge in [-0.2, -0.15) is 5.10 Å². The highest BCUT2D eigenvalue weighted by molar-refractivity contribution is 5.10. The maximum Gasteiger partial charge on any atom is 0.0543 e. The van der Waals surface area contributed by atoms with E-state index in [4.69, 9.17) is 5.10 Å². The summed E-state index contributed by atoms with van der Waals surface area (Å²) in [5, 5.41) is 8.65. The SMILES string of the molecule is CCCC(CCC)NCC1CCC(N2CCC(n3cc(C(C)CCC)cn3)CC2)CC1. The molecule has 1 atom stereocenters. The van der Waals surface area contributed by atoms with Crippen LogP contribution in [0.2, 0.25) is 0 Å². The van der Waals surface area contributed by atoms with Crippen LogP contribution in [-0.2, 0) is 0 Å². The van der Waals surface area contributed by atoms with Gasteiger partial charge in [0.25, 0.3) is 0 Å². The van der Waals surface area contributed by atoms with Gasteiger partial charge in [0, 0.05) is 31.4 Å². The van der Waals surface area contributed by atoms with Crippen LogP contribution in [0.4, 0.5) is 0 Å². The number of piperidine rings is 1. The van der Waals surface area contributed by atoms with Crippen LogP contribution in [0, 0.1) is 5.92 Å². The molecule has 2 fully saturated rings. The lowest BCUT2D eigenvalue weighted by Gasteiger charge is -2.41. The second-order valence-electron chi connectivity index (χ2n) is 10.6. The summed E-state index contributed by atoms with van der Waals surface area (Å²) in [6.07, 6.45) is 20.4. The maximum absolute atomic E-state index is 4.74. The summed E-state index contributed by atoms with van der Waals surface area (Å²) in [5.74, 6) is 1.54. The summed E-state index contributed by atoms with van der Waals surface area (Å²) >= 11 is 0. The van der Waals surface area contributed by atoms with Gasteiger partial charge in [-0.15, -0.1) is 0 Å². The summed E-state index contributed by atoms with van der Waals surface area (Å²) in [6.45, 7) is 13.0. The van der Waals surface area contributed by atoms with Crippen LogP contribution in [-0.4, -0.2) is 46.4 Å². The quantitative estimate of drug-likeness (QED) is 0.408. The molecule has 2 heterocycles. The predicted octanol–water partition coefficient (Wildman–Crippen LogP) is 6.54. The molecule has 0 radical (unpaired) electrons. The number of hydrogen-bond donors (Lipinski definition) is 1. The van der Waals surface area contributed by atoms with E-state index in [1.165, 1.54) is 102 Å². The Kier molecular flexibility index (Phi) is 10.4. The van der Waals surface area contributed by atoms with Gasteiger partial charge >= 0.3 is 0 Å². The molecule has 1 N–H and O–H groups in total. The van der Waals surface area contributed by atoms with Crippen LogP contribution in [0.3, 0.4) is 0 Å². The highest BCUT2D eigenvalue weighted by Crippen LogP contribution is 2.32. The van der Waals surface area contributed by atoms with Crippen molar-refractivity contribution in [2.24, 2.45) is 5.92 Å². The Hall–Kier alpha value is -0.870. The highest BCUT2D eigenvalue weighted by atomic mass is 15.3. The third-order valence-corrected chi connectivity index (χ3v) is 8.09. The van der Waals surface area contributed by atoms with Crippen LogP contribution in [0.5, 0.6) is 0 Å². The van der Waals surface area contributed by atoms with Crippen molar-refractivity contribution in [1.82, 2.24) is 20.0 Å². The van der Waals surface area contributed by atoms with E-state index in [-0.39, 0.29) is 0 Å². The predicted molar refractivity (Wildman–Crippen MR) is 133 cm³/mol. The first kappa shape index (κ1) is 24.8. The molecule has 1 saturated carbocycles. The fraction of sp³-hybridized carbons (Fsp3) is 0.889. The first-order valence-corrected chi connectivity index (χ1v) is 13.7. The van der Waals surface area contributed by atoms with Gasteiger partial charge in [0.1, 0.15) is 0 Å². The van der Waals surface area contributed by atoms with Crippen LogP contribution in [0.15, 0.2) is 12.4 Å². The fourth-order valence-electron chi connectivity index (χ4n) is 6.01. The second kappa shape index (κ2) is 13.0. The lowest BCUT2D eigenvalue weighted by Crippen LogP contribution is -2.44. The average molecular weight is 431 g/mol. The summed E-state index contributed by atoms with van der Waals surface area (Å²) in [5.41, 5.74) is 1.43.